The Morgan fingerprint density at radius 2 is 1.95 bits per heavy atom. The molecule has 0 radical (unpaired) electrons. The van der Waals surface area contributed by atoms with E-state index in [9.17, 15) is 4.79 Å². The molecule has 0 aliphatic carbocycles. The van der Waals surface area contributed by atoms with Gasteiger partial charge in [0, 0.05) is 10.0 Å². The predicted molar refractivity (Wildman–Crippen MR) is 77.6 cm³/mol. The summed E-state index contributed by atoms with van der Waals surface area (Å²) in [6, 6.07) is 5.80. The van der Waals surface area contributed by atoms with Gasteiger partial charge in [0.2, 0.25) is 0 Å². The van der Waals surface area contributed by atoms with E-state index in [1.54, 1.807) is 6.92 Å². The van der Waals surface area contributed by atoms with E-state index in [-0.39, 0.29) is 11.4 Å². The first-order valence-electron chi connectivity index (χ1n) is 5.60. The average molecular weight is 321 g/mol. The second-order valence-corrected chi connectivity index (χ2v) is 5.13. The van der Waals surface area contributed by atoms with Crippen molar-refractivity contribution in [1.82, 2.24) is 9.97 Å². The van der Waals surface area contributed by atoms with Crippen LogP contribution in [0.4, 0.5) is 5.82 Å². The van der Waals surface area contributed by atoms with Gasteiger partial charge in [0.1, 0.15) is 11.4 Å². The molecule has 0 aliphatic rings. The highest BCUT2D eigenvalue weighted by atomic mass is 79.9. The molecule has 0 bridgehead atoms. The number of amides is 1. The van der Waals surface area contributed by atoms with Crippen molar-refractivity contribution >= 4 is 27.7 Å². The number of nitrogens with zero attached hydrogens (tertiary/aromatic N) is 2. The smallest absolute Gasteiger partial charge is 0.254 e. The summed E-state index contributed by atoms with van der Waals surface area (Å²) in [5, 5.41) is 0. The molecule has 1 aromatic heterocycles. The Balaban J connectivity index is 2.65. The molecule has 1 aromatic carbocycles. The lowest BCUT2D eigenvalue weighted by atomic mass is 10.1. The summed E-state index contributed by atoms with van der Waals surface area (Å²) < 4.78 is 0.923. The zero-order valence-corrected chi connectivity index (χ0v) is 12.2. The van der Waals surface area contributed by atoms with Crippen LogP contribution in [0.2, 0.25) is 0 Å². The number of nitrogens with two attached hydrogens (primary N) is 2. The Bertz CT molecular complexity index is 647. The van der Waals surface area contributed by atoms with Gasteiger partial charge in [0.15, 0.2) is 5.82 Å². The van der Waals surface area contributed by atoms with Gasteiger partial charge in [0.25, 0.3) is 5.91 Å². The quantitative estimate of drug-likeness (QED) is 0.886. The summed E-state index contributed by atoms with van der Waals surface area (Å²) in [6.45, 7) is 3.65. The van der Waals surface area contributed by atoms with Crippen LogP contribution in [0.25, 0.3) is 11.4 Å². The number of nitrogen functional groups attached to an aromatic ring is 1. The summed E-state index contributed by atoms with van der Waals surface area (Å²) in [5.74, 6) is -0.0271. The Morgan fingerprint density at radius 3 is 2.53 bits per heavy atom. The third-order valence-corrected chi connectivity index (χ3v) is 3.30. The Labute approximate surface area is 119 Å². The lowest BCUT2D eigenvalue weighted by Gasteiger charge is -2.10. The molecule has 4 N–H and O–H groups in total. The zero-order chi connectivity index (χ0) is 14.2. The summed E-state index contributed by atoms with van der Waals surface area (Å²) >= 11 is 3.41. The van der Waals surface area contributed by atoms with Crippen molar-refractivity contribution in [2.45, 2.75) is 13.8 Å². The summed E-state index contributed by atoms with van der Waals surface area (Å²) in [7, 11) is 0. The van der Waals surface area contributed by atoms with Crippen molar-refractivity contribution < 1.29 is 4.79 Å². The molecule has 1 heterocycles. The maximum absolute atomic E-state index is 11.3. The third kappa shape index (κ3) is 2.58. The van der Waals surface area contributed by atoms with Crippen LogP contribution in [0.5, 0.6) is 0 Å². The third-order valence-electron chi connectivity index (χ3n) is 2.80. The predicted octanol–water partition coefficient (Wildman–Crippen LogP) is 2.20. The summed E-state index contributed by atoms with van der Waals surface area (Å²) in [4.78, 5) is 19.8. The molecule has 0 unspecified atom stereocenters. The monoisotopic (exact) mass is 320 g/mol. The molecular weight excluding hydrogens is 308 g/mol. The average Bonchev–Trinajstić information content (AvgIpc) is 2.30. The number of hydrogen-bond donors (Lipinski definition) is 2. The van der Waals surface area contributed by atoms with Gasteiger partial charge in [-0.15, -0.1) is 0 Å². The molecule has 0 saturated carbocycles. The molecule has 5 nitrogen and oxygen atoms in total. The number of halogens is 1. The Morgan fingerprint density at radius 1 is 1.26 bits per heavy atom. The van der Waals surface area contributed by atoms with E-state index in [0.717, 1.165) is 15.6 Å². The first-order valence-corrected chi connectivity index (χ1v) is 6.40. The van der Waals surface area contributed by atoms with Crippen LogP contribution < -0.4 is 11.5 Å². The molecule has 0 saturated heterocycles. The summed E-state index contributed by atoms with van der Waals surface area (Å²) in [5.41, 5.74) is 13.6. The fraction of sp³-hybridized carbons (Fsp3) is 0.154. The number of benzene rings is 1. The second-order valence-electron chi connectivity index (χ2n) is 4.22. The lowest BCUT2D eigenvalue weighted by Crippen LogP contribution is -2.18. The molecule has 6 heteroatoms. The molecule has 2 aromatic rings. The molecule has 1 amide bonds. The maximum atomic E-state index is 11.3. The van der Waals surface area contributed by atoms with Gasteiger partial charge in [-0.3, -0.25) is 4.79 Å². The van der Waals surface area contributed by atoms with Crippen LogP contribution in [0, 0.1) is 13.8 Å². The van der Waals surface area contributed by atoms with E-state index in [0.29, 0.717) is 11.5 Å². The number of anilines is 1. The van der Waals surface area contributed by atoms with Crippen molar-refractivity contribution in [3.63, 3.8) is 0 Å². The summed E-state index contributed by atoms with van der Waals surface area (Å²) in [6.07, 6.45) is 0. The number of carbonyl (C=O) groups excluding carboxylic acids is 1. The van der Waals surface area contributed by atoms with Crippen LogP contribution >= 0.6 is 15.9 Å². The minimum atomic E-state index is -0.618. The van der Waals surface area contributed by atoms with E-state index in [1.165, 1.54) is 0 Å². The highest BCUT2D eigenvalue weighted by Gasteiger charge is 2.15. The lowest BCUT2D eigenvalue weighted by molar-refractivity contribution is 0.1000. The number of carbonyl (C=O) groups is 1. The van der Waals surface area contributed by atoms with Crippen molar-refractivity contribution in [3.8, 4) is 11.4 Å². The zero-order valence-electron chi connectivity index (χ0n) is 10.6. The molecule has 0 fully saturated rings. The highest BCUT2D eigenvalue weighted by molar-refractivity contribution is 9.10. The van der Waals surface area contributed by atoms with Crippen LogP contribution in [0.1, 0.15) is 21.6 Å². The SMILES string of the molecule is Cc1ccc(Br)cc1-c1nc(C)c(C(N)=O)c(N)n1. The highest BCUT2D eigenvalue weighted by Crippen LogP contribution is 2.26. The minimum absolute atomic E-state index is 0.106. The largest absolute Gasteiger partial charge is 0.383 e. The van der Waals surface area contributed by atoms with Crippen LogP contribution in [-0.2, 0) is 0 Å². The maximum Gasteiger partial charge on any atom is 0.254 e. The molecule has 98 valence electrons. The molecule has 0 atom stereocenters. The number of aryl methyl sites for hydroxylation is 2. The van der Waals surface area contributed by atoms with Crippen LogP contribution in [0.3, 0.4) is 0 Å². The number of rotatable bonds is 2. The van der Waals surface area contributed by atoms with Gasteiger partial charge in [-0.05, 0) is 31.5 Å². The van der Waals surface area contributed by atoms with Gasteiger partial charge in [-0.25, -0.2) is 9.97 Å². The molecule has 0 spiro atoms. The van der Waals surface area contributed by atoms with E-state index in [4.69, 9.17) is 11.5 Å². The van der Waals surface area contributed by atoms with Gasteiger partial charge < -0.3 is 11.5 Å². The van der Waals surface area contributed by atoms with Crippen molar-refractivity contribution in [2.24, 2.45) is 5.73 Å². The van der Waals surface area contributed by atoms with Gasteiger partial charge in [-0.2, -0.15) is 0 Å². The number of aromatic nitrogens is 2. The molecule has 2 rings (SSSR count). The normalized spacial score (nSPS) is 10.5. The first-order chi connectivity index (χ1) is 8.90. The van der Waals surface area contributed by atoms with E-state index in [2.05, 4.69) is 25.9 Å². The number of primary amides is 1. The first kappa shape index (κ1) is 13.5. The van der Waals surface area contributed by atoms with E-state index in [1.807, 2.05) is 25.1 Å². The van der Waals surface area contributed by atoms with Gasteiger partial charge in [-0.1, -0.05) is 22.0 Å². The fourth-order valence-electron chi connectivity index (χ4n) is 1.86. The standard InChI is InChI=1S/C13H13BrN4O/c1-6-3-4-8(14)5-9(6)13-17-7(2)10(12(16)19)11(15)18-13/h3-5H,1-2H3,(H2,16,19)(H2,15,17,18). The molecule has 19 heavy (non-hydrogen) atoms. The second kappa shape index (κ2) is 4.97. The van der Waals surface area contributed by atoms with E-state index < -0.39 is 5.91 Å². The van der Waals surface area contributed by atoms with E-state index >= 15 is 0 Å². The van der Waals surface area contributed by atoms with Crippen LogP contribution in [0.15, 0.2) is 22.7 Å². The van der Waals surface area contributed by atoms with Crippen molar-refractivity contribution in [2.75, 3.05) is 5.73 Å². The molecule has 0 aliphatic heterocycles. The Kier molecular flexibility index (Phi) is 3.53. The molecular formula is C13H13BrN4O. The van der Waals surface area contributed by atoms with Crippen molar-refractivity contribution in [1.29, 1.82) is 0 Å². The van der Waals surface area contributed by atoms with Gasteiger partial charge >= 0.3 is 0 Å². The number of hydrogen-bond acceptors (Lipinski definition) is 4. The van der Waals surface area contributed by atoms with Crippen LogP contribution in [-0.4, -0.2) is 15.9 Å². The van der Waals surface area contributed by atoms with Gasteiger partial charge in [0.05, 0.1) is 5.69 Å². The topological polar surface area (TPSA) is 94.9 Å². The minimum Gasteiger partial charge on any atom is -0.383 e. The Hall–Kier alpha value is -1.95. The fourth-order valence-corrected chi connectivity index (χ4v) is 2.22. The van der Waals surface area contributed by atoms with Crippen molar-refractivity contribution in [3.05, 3.63) is 39.5 Å².